The fourth-order valence-electron chi connectivity index (χ4n) is 2.41. The molecule has 3 rings (SSSR count). The topological polar surface area (TPSA) is 34.0 Å². The first-order chi connectivity index (χ1) is 8.66. The normalized spacial score (nSPS) is 16.8. The Bertz CT molecular complexity index is 596. The van der Waals surface area contributed by atoms with Crippen molar-refractivity contribution in [2.24, 2.45) is 7.05 Å². The van der Waals surface area contributed by atoms with Gasteiger partial charge < -0.3 is 9.88 Å². The summed E-state index contributed by atoms with van der Waals surface area (Å²) in [6, 6.07) is 8.66. The van der Waals surface area contributed by atoms with Gasteiger partial charge in [-0.25, -0.2) is 0 Å². The first kappa shape index (κ1) is 11.3. The van der Waals surface area contributed by atoms with Crippen molar-refractivity contribution < 1.29 is 4.79 Å². The molecule has 94 valence electrons. The average Bonchev–Trinajstić information content (AvgIpc) is 3.12. The van der Waals surface area contributed by atoms with E-state index in [4.69, 9.17) is 0 Å². The Labute approximate surface area is 107 Å². The van der Waals surface area contributed by atoms with Gasteiger partial charge in [0.15, 0.2) is 0 Å². The van der Waals surface area contributed by atoms with Crippen molar-refractivity contribution in [3.8, 4) is 0 Å². The zero-order valence-corrected chi connectivity index (χ0v) is 10.8. The van der Waals surface area contributed by atoms with Crippen molar-refractivity contribution in [3.05, 3.63) is 36.0 Å². The molecule has 1 N–H and O–H groups in total. The molecular formula is C15H18N2O. The number of aromatic nitrogens is 1. The summed E-state index contributed by atoms with van der Waals surface area (Å²) in [7, 11) is 2.03. The van der Waals surface area contributed by atoms with Gasteiger partial charge in [0.05, 0.1) is 5.92 Å². The van der Waals surface area contributed by atoms with Crippen LogP contribution in [0.15, 0.2) is 30.5 Å². The van der Waals surface area contributed by atoms with Crippen molar-refractivity contribution in [3.63, 3.8) is 0 Å². The fraction of sp³-hybridized carbons (Fsp3) is 0.400. The van der Waals surface area contributed by atoms with E-state index in [1.165, 1.54) is 10.9 Å². The largest absolute Gasteiger partial charge is 0.353 e. The number of amides is 1. The molecule has 1 atom stereocenters. The van der Waals surface area contributed by atoms with E-state index in [1.54, 1.807) is 0 Å². The van der Waals surface area contributed by atoms with Gasteiger partial charge in [-0.05, 0) is 31.4 Å². The number of para-hydroxylation sites is 1. The maximum absolute atomic E-state index is 12.1. The second kappa shape index (κ2) is 4.16. The highest BCUT2D eigenvalue weighted by molar-refractivity contribution is 5.92. The molecule has 3 nitrogen and oxygen atoms in total. The van der Waals surface area contributed by atoms with E-state index in [0.29, 0.717) is 6.04 Å². The van der Waals surface area contributed by atoms with Crippen LogP contribution in [0.2, 0.25) is 0 Å². The third-order valence-electron chi connectivity index (χ3n) is 3.71. The summed E-state index contributed by atoms with van der Waals surface area (Å²) in [5.74, 6) is 0.0607. The molecule has 1 aliphatic rings. The van der Waals surface area contributed by atoms with Crippen LogP contribution in [0.4, 0.5) is 0 Å². The lowest BCUT2D eigenvalue weighted by Crippen LogP contribution is -2.29. The van der Waals surface area contributed by atoms with Gasteiger partial charge in [-0.15, -0.1) is 0 Å². The Kier molecular flexibility index (Phi) is 2.62. The van der Waals surface area contributed by atoms with Gasteiger partial charge >= 0.3 is 0 Å². The van der Waals surface area contributed by atoms with Crippen LogP contribution >= 0.6 is 0 Å². The number of rotatable bonds is 3. The molecule has 18 heavy (non-hydrogen) atoms. The van der Waals surface area contributed by atoms with Crippen LogP contribution in [-0.2, 0) is 11.8 Å². The number of hydrogen-bond acceptors (Lipinski definition) is 1. The molecule has 1 aromatic carbocycles. The summed E-state index contributed by atoms with van der Waals surface area (Å²) < 4.78 is 2.09. The minimum absolute atomic E-state index is 0.0864. The van der Waals surface area contributed by atoms with Crippen LogP contribution in [0.5, 0.6) is 0 Å². The lowest BCUT2D eigenvalue weighted by molar-refractivity contribution is -0.122. The molecule has 1 heterocycles. The Balaban J connectivity index is 1.95. The van der Waals surface area contributed by atoms with E-state index in [0.717, 1.165) is 18.4 Å². The summed E-state index contributed by atoms with van der Waals surface area (Å²) in [4.78, 5) is 12.1. The van der Waals surface area contributed by atoms with Crippen molar-refractivity contribution in [2.75, 3.05) is 0 Å². The van der Waals surface area contributed by atoms with Gasteiger partial charge in [0.1, 0.15) is 0 Å². The smallest absolute Gasteiger partial charge is 0.227 e. The number of nitrogens with one attached hydrogen (secondary N) is 1. The molecule has 1 aliphatic carbocycles. The number of nitrogens with zero attached hydrogens (tertiary/aromatic N) is 1. The van der Waals surface area contributed by atoms with Gasteiger partial charge in [-0.1, -0.05) is 18.2 Å². The number of fused-ring (bicyclic) bond motifs is 1. The van der Waals surface area contributed by atoms with Gasteiger partial charge in [-0.2, -0.15) is 0 Å². The van der Waals surface area contributed by atoms with Gasteiger partial charge in [-0.3, -0.25) is 4.79 Å². The minimum atomic E-state index is -0.0864. The maximum Gasteiger partial charge on any atom is 0.227 e. The van der Waals surface area contributed by atoms with Crippen molar-refractivity contribution in [2.45, 2.75) is 31.7 Å². The first-order valence-electron chi connectivity index (χ1n) is 6.51. The number of carbonyl (C=O) groups excluding carboxylic acids is 1. The molecule has 3 heteroatoms. The molecule has 1 aromatic heterocycles. The molecule has 1 unspecified atom stereocenters. The second-order valence-electron chi connectivity index (χ2n) is 5.22. The van der Waals surface area contributed by atoms with Crippen molar-refractivity contribution >= 4 is 16.8 Å². The molecular weight excluding hydrogens is 224 g/mol. The third kappa shape index (κ3) is 1.90. The van der Waals surface area contributed by atoms with E-state index >= 15 is 0 Å². The second-order valence-corrected chi connectivity index (χ2v) is 5.22. The molecule has 0 aliphatic heterocycles. The number of hydrogen-bond donors (Lipinski definition) is 1. The van der Waals surface area contributed by atoms with E-state index in [2.05, 4.69) is 28.2 Å². The fourth-order valence-corrected chi connectivity index (χ4v) is 2.41. The van der Waals surface area contributed by atoms with Gasteiger partial charge in [0, 0.05) is 30.2 Å². The number of benzene rings is 1. The molecule has 1 amide bonds. The molecule has 0 spiro atoms. The van der Waals surface area contributed by atoms with E-state index in [-0.39, 0.29) is 11.8 Å². The number of aryl methyl sites for hydroxylation is 1. The van der Waals surface area contributed by atoms with Crippen molar-refractivity contribution in [1.82, 2.24) is 9.88 Å². The Morgan fingerprint density at radius 1 is 1.39 bits per heavy atom. The van der Waals surface area contributed by atoms with Crippen LogP contribution in [0.1, 0.15) is 31.2 Å². The van der Waals surface area contributed by atoms with Crippen LogP contribution in [0.25, 0.3) is 10.9 Å². The zero-order valence-electron chi connectivity index (χ0n) is 10.8. The Morgan fingerprint density at radius 3 is 2.83 bits per heavy atom. The molecule has 1 fully saturated rings. The minimum Gasteiger partial charge on any atom is -0.353 e. The quantitative estimate of drug-likeness (QED) is 0.881. The average molecular weight is 242 g/mol. The summed E-state index contributed by atoms with van der Waals surface area (Å²) in [6.45, 7) is 1.99. The third-order valence-corrected chi connectivity index (χ3v) is 3.71. The molecule has 0 bridgehead atoms. The molecule has 0 radical (unpaired) electrons. The van der Waals surface area contributed by atoms with Crippen LogP contribution in [-0.4, -0.2) is 16.5 Å². The van der Waals surface area contributed by atoms with E-state index < -0.39 is 0 Å². The first-order valence-corrected chi connectivity index (χ1v) is 6.51. The lowest BCUT2D eigenvalue weighted by atomic mass is 10.00. The van der Waals surface area contributed by atoms with Gasteiger partial charge in [0.25, 0.3) is 0 Å². The Morgan fingerprint density at radius 2 is 2.11 bits per heavy atom. The lowest BCUT2D eigenvalue weighted by Gasteiger charge is -2.10. The summed E-state index contributed by atoms with van der Waals surface area (Å²) in [5.41, 5.74) is 2.30. The summed E-state index contributed by atoms with van der Waals surface area (Å²) in [5, 5.41) is 4.26. The van der Waals surface area contributed by atoms with Crippen LogP contribution in [0, 0.1) is 0 Å². The molecule has 1 saturated carbocycles. The predicted octanol–water partition coefficient (Wildman–Crippen LogP) is 2.56. The zero-order chi connectivity index (χ0) is 12.7. The van der Waals surface area contributed by atoms with Crippen LogP contribution < -0.4 is 5.32 Å². The molecule has 0 saturated heterocycles. The monoisotopic (exact) mass is 242 g/mol. The predicted molar refractivity (Wildman–Crippen MR) is 72.5 cm³/mol. The van der Waals surface area contributed by atoms with Crippen LogP contribution in [0.3, 0.4) is 0 Å². The SMILES string of the molecule is CC(C(=O)NC1CC1)c1cn(C)c2ccccc12. The molecule has 2 aromatic rings. The highest BCUT2D eigenvalue weighted by atomic mass is 16.1. The van der Waals surface area contributed by atoms with E-state index in [1.807, 2.05) is 26.1 Å². The Hall–Kier alpha value is -1.77. The highest BCUT2D eigenvalue weighted by Crippen LogP contribution is 2.28. The van der Waals surface area contributed by atoms with Crippen molar-refractivity contribution in [1.29, 1.82) is 0 Å². The highest BCUT2D eigenvalue weighted by Gasteiger charge is 2.27. The summed E-state index contributed by atoms with van der Waals surface area (Å²) in [6.07, 6.45) is 4.34. The van der Waals surface area contributed by atoms with E-state index in [9.17, 15) is 4.79 Å². The van der Waals surface area contributed by atoms with Gasteiger partial charge in [0.2, 0.25) is 5.91 Å². The standard InChI is InChI=1S/C15H18N2O/c1-10(15(18)16-11-7-8-11)13-9-17(2)14-6-4-3-5-12(13)14/h3-6,9-11H,7-8H2,1-2H3,(H,16,18). The maximum atomic E-state index is 12.1. The number of carbonyl (C=O) groups is 1. The summed E-state index contributed by atoms with van der Waals surface area (Å²) >= 11 is 0.